The Bertz CT molecular complexity index is 980. The Hall–Kier alpha value is -2.64. The molecular weight excluding hydrogens is 376 g/mol. The zero-order chi connectivity index (χ0) is 18.9. The molecule has 144 valence electrons. The van der Waals surface area contributed by atoms with Crippen molar-refractivity contribution in [1.82, 2.24) is 4.98 Å². The molecule has 2 aliphatic rings. The molecule has 6 nitrogen and oxygen atoms in total. The van der Waals surface area contributed by atoms with E-state index in [1.165, 1.54) is 11.3 Å². The number of nitrogens with zero attached hydrogens (tertiary/aromatic N) is 2. The average molecular weight is 396 g/mol. The van der Waals surface area contributed by atoms with Crippen LogP contribution in [-0.4, -0.2) is 43.4 Å². The van der Waals surface area contributed by atoms with Gasteiger partial charge in [0.25, 0.3) is 5.91 Å². The molecule has 0 saturated carbocycles. The maximum Gasteiger partial charge on any atom is 0.260 e. The number of hydrogen-bond acceptors (Lipinski definition) is 6. The van der Waals surface area contributed by atoms with Crippen molar-refractivity contribution in [2.24, 2.45) is 0 Å². The van der Waals surface area contributed by atoms with Gasteiger partial charge in [-0.15, -0.1) is 0 Å². The fraction of sp³-hybridized carbons (Fsp3) is 0.333. The molecule has 0 bridgehead atoms. The number of carbonyl (C=O) groups excluding carboxylic acids is 1. The highest BCUT2D eigenvalue weighted by atomic mass is 32.1. The average Bonchev–Trinajstić information content (AvgIpc) is 3.40. The number of benzene rings is 2. The van der Waals surface area contributed by atoms with E-state index in [1.54, 1.807) is 23.1 Å². The highest BCUT2D eigenvalue weighted by Crippen LogP contribution is 2.34. The number of thiazole rings is 1. The van der Waals surface area contributed by atoms with E-state index in [2.05, 4.69) is 0 Å². The van der Waals surface area contributed by atoms with Crippen molar-refractivity contribution in [2.45, 2.75) is 18.9 Å². The largest absolute Gasteiger partial charge is 0.486 e. The summed E-state index contributed by atoms with van der Waals surface area (Å²) >= 11 is 1.52. The molecular formula is C21H20N2O4S. The molecule has 5 rings (SSSR count). The molecule has 2 aromatic carbocycles. The Morgan fingerprint density at radius 3 is 2.79 bits per heavy atom. The summed E-state index contributed by atoms with van der Waals surface area (Å²) in [5.41, 5.74) is 1.45. The maximum absolute atomic E-state index is 13.4. The fourth-order valence-corrected chi connectivity index (χ4v) is 4.52. The molecule has 0 N–H and O–H groups in total. The van der Waals surface area contributed by atoms with Crippen LogP contribution in [0, 0.1) is 0 Å². The number of rotatable bonds is 4. The van der Waals surface area contributed by atoms with Gasteiger partial charge in [0.15, 0.2) is 16.6 Å². The van der Waals surface area contributed by atoms with Gasteiger partial charge in [0.05, 0.1) is 22.9 Å². The van der Waals surface area contributed by atoms with Gasteiger partial charge in [0.2, 0.25) is 0 Å². The van der Waals surface area contributed by atoms with E-state index in [0.717, 1.165) is 29.7 Å². The monoisotopic (exact) mass is 396 g/mol. The number of hydrogen-bond donors (Lipinski definition) is 0. The minimum Gasteiger partial charge on any atom is -0.486 e. The van der Waals surface area contributed by atoms with Gasteiger partial charge in [0.1, 0.15) is 13.2 Å². The predicted octanol–water partition coefficient (Wildman–Crippen LogP) is 3.89. The van der Waals surface area contributed by atoms with Crippen molar-refractivity contribution < 1.29 is 19.0 Å². The summed E-state index contributed by atoms with van der Waals surface area (Å²) in [5, 5.41) is 0.691. The van der Waals surface area contributed by atoms with Crippen molar-refractivity contribution in [1.29, 1.82) is 0 Å². The van der Waals surface area contributed by atoms with Crippen molar-refractivity contribution in [3.63, 3.8) is 0 Å². The normalized spacial score (nSPS) is 18.4. The number of carbonyl (C=O) groups is 1. The van der Waals surface area contributed by atoms with Gasteiger partial charge in [-0.1, -0.05) is 23.5 Å². The van der Waals surface area contributed by atoms with E-state index < -0.39 is 0 Å². The summed E-state index contributed by atoms with van der Waals surface area (Å²) in [5.74, 6) is 1.18. The van der Waals surface area contributed by atoms with Crippen LogP contribution in [0.2, 0.25) is 0 Å². The molecule has 1 atom stereocenters. The van der Waals surface area contributed by atoms with Crippen LogP contribution in [-0.2, 0) is 4.74 Å². The van der Waals surface area contributed by atoms with Crippen molar-refractivity contribution >= 4 is 32.6 Å². The smallest absolute Gasteiger partial charge is 0.260 e. The molecule has 0 spiro atoms. The Labute approximate surface area is 166 Å². The Balaban J connectivity index is 1.50. The molecule has 0 aliphatic carbocycles. The fourth-order valence-electron chi connectivity index (χ4n) is 3.55. The molecule has 2 aliphatic heterocycles. The quantitative estimate of drug-likeness (QED) is 0.670. The Kier molecular flexibility index (Phi) is 4.62. The van der Waals surface area contributed by atoms with Gasteiger partial charge in [-0.2, -0.15) is 0 Å². The zero-order valence-corrected chi connectivity index (χ0v) is 16.1. The third kappa shape index (κ3) is 3.31. The second kappa shape index (κ2) is 7.41. The van der Waals surface area contributed by atoms with Crippen LogP contribution in [0.1, 0.15) is 23.2 Å². The molecule has 1 saturated heterocycles. The van der Waals surface area contributed by atoms with Gasteiger partial charge in [-0.3, -0.25) is 9.69 Å². The first-order valence-corrected chi connectivity index (χ1v) is 10.3. The highest BCUT2D eigenvalue weighted by Gasteiger charge is 2.28. The van der Waals surface area contributed by atoms with Crippen LogP contribution in [0.4, 0.5) is 5.13 Å². The summed E-state index contributed by atoms with van der Waals surface area (Å²) in [6.07, 6.45) is 2.01. The first-order valence-electron chi connectivity index (χ1n) is 9.46. The number of aromatic nitrogens is 1. The van der Waals surface area contributed by atoms with Gasteiger partial charge >= 0.3 is 0 Å². The molecule has 7 heteroatoms. The van der Waals surface area contributed by atoms with Crippen molar-refractivity contribution in [2.75, 3.05) is 31.3 Å². The third-order valence-electron chi connectivity index (χ3n) is 4.96. The number of amides is 1. The van der Waals surface area contributed by atoms with E-state index >= 15 is 0 Å². The maximum atomic E-state index is 13.4. The van der Waals surface area contributed by atoms with Crippen LogP contribution in [0.25, 0.3) is 10.2 Å². The minimum atomic E-state index is -0.105. The van der Waals surface area contributed by atoms with Gasteiger partial charge in [-0.25, -0.2) is 4.98 Å². The van der Waals surface area contributed by atoms with Crippen LogP contribution in [0.15, 0.2) is 42.5 Å². The zero-order valence-electron chi connectivity index (χ0n) is 15.3. The third-order valence-corrected chi connectivity index (χ3v) is 6.02. The van der Waals surface area contributed by atoms with Crippen LogP contribution in [0.5, 0.6) is 11.5 Å². The van der Waals surface area contributed by atoms with E-state index in [9.17, 15) is 4.79 Å². The number of anilines is 1. The number of ether oxygens (including phenoxy) is 3. The molecule has 1 fully saturated rings. The first kappa shape index (κ1) is 17.5. The molecule has 0 radical (unpaired) electrons. The van der Waals surface area contributed by atoms with Crippen LogP contribution >= 0.6 is 11.3 Å². The summed E-state index contributed by atoms with van der Waals surface area (Å²) < 4.78 is 18.1. The van der Waals surface area contributed by atoms with E-state index in [-0.39, 0.29) is 12.0 Å². The lowest BCUT2D eigenvalue weighted by atomic mass is 10.1. The number of para-hydroxylation sites is 1. The van der Waals surface area contributed by atoms with Crippen molar-refractivity contribution in [3.8, 4) is 11.5 Å². The van der Waals surface area contributed by atoms with Gasteiger partial charge in [-0.05, 0) is 43.2 Å². The lowest BCUT2D eigenvalue weighted by Gasteiger charge is -2.24. The second-order valence-corrected chi connectivity index (χ2v) is 7.88. The standard InChI is InChI=1S/C21H20N2O4S/c24-20(14-7-8-17-18(12-14)27-11-10-26-17)23(13-15-4-3-9-25-15)21-22-16-5-1-2-6-19(16)28-21/h1-2,5-8,12,15H,3-4,9-11,13H2. The Morgan fingerprint density at radius 2 is 1.96 bits per heavy atom. The molecule has 1 amide bonds. The lowest BCUT2D eigenvalue weighted by molar-refractivity contribution is 0.0916. The minimum absolute atomic E-state index is 0.0353. The molecule has 1 aromatic heterocycles. The molecule has 1 unspecified atom stereocenters. The summed E-state index contributed by atoms with van der Waals surface area (Å²) in [6.45, 7) is 2.25. The Morgan fingerprint density at radius 1 is 1.11 bits per heavy atom. The summed E-state index contributed by atoms with van der Waals surface area (Å²) in [6, 6.07) is 13.3. The van der Waals surface area contributed by atoms with E-state index in [4.69, 9.17) is 19.2 Å². The molecule has 3 aromatic rings. The van der Waals surface area contributed by atoms with Crippen molar-refractivity contribution in [3.05, 3.63) is 48.0 Å². The number of fused-ring (bicyclic) bond motifs is 2. The first-order chi connectivity index (χ1) is 13.8. The molecule has 3 heterocycles. The summed E-state index contributed by atoms with van der Waals surface area (Å²) in [4.78, 5) is 19.9. The summed E-state index contributed by atoms with van der Waals surface area (Å²) in [7, 11) is 0. The lowest BCUT2D eigenvalue weighted by Crippen LogP contribution is -2.37. The predicted molar refractivity (Wildman–Crippen MR) is 108 cm³/mol. The van der Waals surface area contributed by atoms with Crippen LogP contribution in [0.3, 0.4) is 0 Å². The SMILES string of the molecule is O=C(c1ccc2c(c1)OCCO2)N(CC1CCCO1)c1nc2ccccc2s1. The van der Waals surface area contributed by atoms with Gasteiger partial charge < -0.3 is 14.2 Å². The van der Waals surface area contributed by atoms with E-state index in [1.807, 2.05) is 24.3 Å². The highest BCUT2D eigenvalue weighted by molar-refractivity contribution is 7.22. The van der Waals surface area contributed by atoms with Gasteiger partial charge in [0, 0.05) is 12.2 Å². The van der Waals surface area contributed by atoms with E-state index in [0.29, 0.717) is 42.0 Å². The van der Waals surface area contributed by atoms with Crippen LogP contribution < -0.4 is 14.4 Å². The topological polar surface area (TPSA) is 60.9 Å². The second-order valence-electron chi connectivity index (χ2n) is 6.87. The molecule has 28 heavy (non-hydrogen) atoms.